The Morgan fingerprint density at radius 1 is 1.50 bits per heavy atom. The zero-order valence-corrected chi connectivity index (χ0v) is 5.55. The summed E-state index contributed by atoms with van der Waals surface area (Å²) >= 11 is 0. The SMILES string of the molecule is CCN=NNN(C)C. The van der Waals surface area contributed by atoms with E-state index in [4.69, 9.17) is 0 Å². The molecule has 0 aliphatic carbocycles. The summed E-state index contributed by atoms with van der Waals surface area (Å²) in [7, 11) is 3.71. The molecule has 0 heterocycles. The molecule has 0 spiro atoms. The third-order valence-corrected chi connectivity index (χ3v) is 0.457. The van der Waals surface area contributed by atoms with E-state index in [0.717, 1.165) is 6.54 Å². The molecule has 48 valence electrons. The Labute approximate surface area is 49.5 Å². The average molecular weight is 116 g/mol. The molecule has 0 aromatic rings. The van der Waals surface area contributed by atoms with Gasteiger partial charge in [0.1, 0.15) is 0 Å². The highest BCUT2D eigenvalue weighted by Gasteiger charge is 1.76. The van der Waals surface area contributed by atoms with E-state index in [1.54, 1.807) is 5.01 Å². The average Bonchev–Trinajstić information content (AvgIpc) is 1.66. The van der Waals surface area contributed by atoms with Gasteiger partial charge in [0.25, 0.3) is 0 Å². The lowest BCUT2D eigenvalue weighted by molar-refractivity contribution is 0.286. The number of hydrogen-bond acceptors (Lipinski definition) is 3. The molecule has 0 amide bonds. The van der Waals surface area contributed by atoms with Crippen molar-refractivity contribution in [2.75, 3.05) is 20.6 Å². The summed E-state index contributed by atoms with van der Waals surface area (Å²) < 4.78 is 0. The molecule has 0 bridgehead atoms. The molecule has 0 fully saturated rings. The van der Waals surface area contributed by atoms with Gasteiger partial charge in [0.15, 0.2) is 0 Å². The molecule has 0 aliphatic heterocycles. The molecule has 0 saturated carbocycles. The first-order valence-corrected chi connectivity index (χ1v) is 2.56. The summed E-state index contributed by atoms with van der Waals surface area (Å²) in [6.45, 7) is 2.65. The van der Waals surface area contributed by atoms with Gasteiger partial charge in [-0.15, -0.1) is 0 Å². The molecule has 0 rings (SSSR count). The minimum Gasteiger partial charge on any atom is -0.222 e. The largest absolute Gasteiger partial charge is 0.222 e. The van der Waals surface area contributed by atoms with Crippen LogP contribution in [0.5, 0.6) is 0 Å². The van der Waals surface area contributed by atoms with Crippen molar-refractivity contribution in [1.29, 1.82) is 0 Å². The van der Waals surface area contributed by atoms with Crippen molar-refractivity contribution in [3.05, 3.63) is 0 Å². The Balaban J connectivity index is 3.03. The quantitative estimate of drug-likeness (QED) is 0.429. The molecule has 4 nitrogen and oxygen atoms in total. The summed E-state index contributed by atoms with van der Waals surface area (Å²) in [5.41, 5.74) is 2.64. The summed E-state index contributed by atoms with van der Waals surface area (Å²) in [6, 6.07) is 0. The van der Waals surface area contributed by atoms with Gasteiger partial charge in [-0.2, -0.15) is 5.11 Å². The van der Waals surface area contributed by atoms with E-state index in [9.17, 15) is 0 Å². The van der Waals surface area contributed by atoms with Crippen LogP contribution in [0.15, 0.2) is 10.3 Å². The van der Waals surface area contributed by atoms with Crippen LogP contribution in [-0.4, -0.2) is 25.6 Å². The minimum absolute atomic E-state index is 0.723. The van der Waals surface area contributed by atoms with Crippen LogP contribution in [0.25, 0.3) is 0 Å². The van der Waals surface area contributed by atoms with Crippen LogP contribution >= 0.6 is 0 Å². The van der Waals surface area contributed by atoms with Crippen molar-refractivity contribution in [1.82, 2.24) is 10.5 Å². The lowest BCUT2D eigenvalue weighted by atomic mass is 10.8. The van der Waals surface area contributed by atoms with Crippen molar-refractivity contribution in [2.24, 2.45) is 10.3 Å². The number of nitrogens with zero attached hydrogens (tertiary/aromatic N) is 3. The van der Waals surface area contributed by atoms with Crippen LogP contribution in [0.1, 0.15) is 6.92 Å². The second-order valence-corrected chi connectivity index (χ2v) is 1.55. The van der Waals surface area contributed by atoms with Gasteiger partial charge in [-0.05, 0) is 6.92 Å². The number of hydrogen-bond donors (Lipinski definition) is 1. The van der Waals surface area contributed by atoms with Gasteiger partial charge in [-0.1, -0.05) is 5.22 Å². The molecule has 4 heteroatoms. The van der Waals surface area contributed by atoms with Gasteiger partial charge in [-0.25, -0.2) is 10.5 Å². The third-order valence-electron chi connectivity index (χ3n) is 0.457. The topological polar surface area (TPSA) is 40.0 Å². The molecule has 0 aliphatic rings. The number of rotatable bonds is 3. The zero-order chi connectivity index (χ0) is 6.41. The Bertz CT molecular complexity index is 68.4. The monoisotopic (exact) mass is 116 g/mol. The van der Waals surface area contributed by atoms with E-state index < -0.39 is 0 Å². The molecule has 0 unspecified atom stereocenters. The molecule has 1 N–H and O–H groups in total. The van der Waals surface area contributed by atoms with Crippen molar-refractivity contribution >= 4 is 0 Å². The fraction of sp³-hybridized carbons (Fsp3) is 1.00. The van der Waals surface area contributed by atoms with E-state index in [0.29, 0.717) is 0 Å². The Morgan fingerprint density at radius 3 is 2.50 bits per heavy atom. The van der Waals surface area contributed by atoms with Gasteiger partial charge < -0.3 is 0 Å². The number of nitrogens with one attached hydrogen (secondary N) is 1. The summed E-state index contributed by atoms with van der Waals surface area (Å²) in [5.74, 6) is 0. The van der Waals surface area contributed by atoms with Crippen molar-refractivity contribution in [2.45, 2.75) is 6.92 Å². The summed E-state index contributed by atoms with van der Waals surface area (Å²) in [4.78, 5) is 0. The van der Waals surface area contributed by atoms with Crippen molar-refractivity contribution in [3.8, 4) is 0 Å². The third kappa shape index (κ3) is 5.36. The van der Waals surface area contributed by atoms with E-state index >= 15 is 0 Å². The molecule has 0 aromatic heterocycles. The predicted molar refractivity (Wildman–Crippen MR) is 32.2 cm³/mol. The van der Waals surface area contributed by atoms with Gasteiger partial charge in [0, 0.05) is 14.1 Å². The number of hydrazine groups is 1. The second-order valence-electron chi connectivity index (χ2n) is 1.55. The Kier molecular flexibility index (Phi) is 4.16. The Hall–Kier alpha value is -0.640. The lowest BCUT2D eigenvalue weighted by Gasteiger charge is -2.04. The first kappa shape index (κ1) is 7.36. The highest BCUT2D eigenvalue weighted by atomic mass is 15.7. The maximum absolute atomic E-state index is 3.68. The first-order valence-electron chi connectivity index (χ1n) is 2.56. The van der Waals surface area contributed by atoms with Crippen LogP contribution in [-0.2, 0) is 0 Å². The van der Waals surface area contributed by atoms with Crippen molar-refractivity contribution < 1.29 is 0 Å². The maximum Gasteiger partial charge on any atom is 0.0592 e. The molecular formula is C4H12N4. The summed E-state index contributed by atoms with van der Waals surface area (Å²) in [6.07, 6.45) is 0. The Morgan fingerprint density at radius 2 is 2.12 bits per heavy atom. The molecule has 0 aromatic carbocycles. The molecule has 0 radical (unpaired) electrons. The molecule has 0 atom stereocenters. The van der Waals surface area contributed by atoms with Gasteiger partial charge in [-0.3, -0.25) is 0 Å². The first-order chi connectivity index (χ1) is 3.77. The fourth-order valence-electron chi connectivity index (χ4n) is 0.192. The smallest absolute Gasteiger partial charge is 0.0592 e. The fourth-order valence-corrected chi connectivity index (χ4v) is 0.192. The van der Waals surface area contributed by atoms with E-state index in [-0.39, 0.29) is 0 Å². The maximum atomic E-state index is 3.68. The highest BCUT2D eigenvalue weighted by Crippen LogP contribution is 1.68. The molecular weight excluding hydrogens is 104 g/mol. The van der Waals surface area contributed by atoms with Gasteiger partial charge >= 0.3 is 0 Å². The van der Waals surface area contributed by atoms with Crippen LogP contribution < -0.4 is 5.53 Å². The highest BCUT2D eigenvalue weighted by molar-refractivity contribution is 4.21. The molecule has 0 saturated heterocycles. The van der Waals surface area contributed by atoms with Crippen LogP contribution in [0.4, 0.5) is 0 Å². The van der Waals surface area contributed by atoms with Crippen LogP contribution in [0.3, 0.4) is 0 Å². The predicted octanol–water partition coefficient (Wildman–Crippen LogP) is 0.440. The van der Waals surface area contributed by atoms with Gasteiger partial charge in [0.2, 0.25) is 0 Å². The van der Waals surface area contributed by atoms with E-state index in [1.165, 1.54) is 0 Å². The zero-order valence-electron chi connectivity index (χ0n) is 5.55. The van der Waals surface area contributed by atoms with E-state index in [2.05, 4.69) is 15.9 Å². The summed E-state index contributed by atoms with van der Waals surface area (Å²) in [5, 5.41) is 9.00. The minimum atomic E-state index is 0.723. The van der Waals surface area contributed by atoms with Crippen LogP contribution in [0, 0.1) is 0 Å². The lowest BCUT2D eigenvalue weighted by Crippen LogP contribution is -2.24. The van der Waals surface area contributed by atoms with Gasteiger partial charge in [0.05, 0.1) is 6.54 Å². The second kappa shape index (κ2) is 4.52. The standard InChI is InChI=1S/C4H12N4/c1-4-5-6-7-8(2)3/h4H2,1-3H3,(H,5,7). The van der Waals surface area contributed by atoms with E-state index in [1.807, 2.05) is 21.0 Å². The normalized spacial score (nSPS) is 11.0. The molecule has 8 heavy (non-hydrogen) atoms. The van der Waals surface area contributed by atoms with Crippen LogP contribution in [0.2, 0.25) is 0 Å². The van der Waals surface area contributed by atoms with Crippen molar-refractivity contribution in [3.63, 3.8) is 0 Å².